The van der Waals surface area contributed by atoms with Crippen molar-refractivity contribution in [3.63, 3.8) is 0 Å². The molecule has 4 aromatic rings. The first-order chi connectivity index (χ1) is 20.4. The lowest BCUT2D eigenvalue weighted by Gasteiger charge is -2.32. The Morgan fingerprint density at radius 1 is 0.857 bits per heavy atom. The van der Waals surface area contributed by atoms with Crippen LogP contribution in [0.4, 0.5) is 5.69 Å². The van der Waals surface area contributed by atoms with E-state index in [4.69, 9.17) is 0 Å². The minimum absolute atomic E-state index is 0.00884. The molecule has 0 unspecified atom stereocenters. The van der Waals surface area contributed by atoms with Crippen LogP contribution in [0.2, 0.25) is 0 Å². The van der Waals surface area contributed by atoms with E-state index in [1.54, 1.807) is 36.4 Å². The number of carbonyl (C=O) groups is 1. The van der Waals surface area contributed by atoms with Gasteiger partial charge in [0.2, 0.25) is 5.91 Å². The van der Waals surface area contributed by atoms with Crippen LogP contribution >= 0.6 is 0 Å². The van der Waals surface area contributed by atoms with E-state index in [-0.39, 0.29) is 36.3 Å². The third kappa shape index (κ3) is 7.01. The molecule has 1 aromatic heterocycles. The second-order valence-electron chi connectivity index (χ2n) is 10.8. The molecule has 0 atom stereocenters. The molecular weight excluding hydrogens is 534 g/mol. The second-order valence-corrected chi connectivity index (χ2v) is 10.8. The number of unbranched alkanes of at least 4 members (excludes halogenated alkanes) is 1. The number of benzene rings is 3. The lowest BCUT2D eigenvalue weighted by Crippen LogP contribution is -2.44. The number of hydrogen-bond acceptors (Lipinski definition) is 6. The molecule has 10 nitrogen and oxygen atoms in total. The highest BCUT2D eigenvalue weighted by molar-refractivity contribution is 5.78. The molecule has 0 saturated carbocycles. The fourth-order valence-corrected chi connectivity index (χ4v) is 5.60. The summed E-state index contributed by atoms with van der Waals surface area (Å²) < 4.78 is 2.69. The minimum Gasteiger partial charge on any atom is -0.353 e. The van der Waals surface area contributed by atoms with Crippen molar-refractivity contribution in [2.75, 3.05) is 13.1 Å². The number of hydrogen-bond donors (Lipinski definition) is 1. The molecule has 1 aliphatic heterocycles. The van der Waals surface area contributed by atoms with Crippen molar-refractivity contribution < 1.29 is 9.72 Å². The first kappa shape index (κ1) is 28.9. The molecule has 3 aromatic carbocycles. The standard InChI is InChI=1S/C32H35N5O5/c38-30(33-26-16-19-34(20-17-26)22-24-9-2-1-3-10-24)15-6-7-18-35-31(39)28-13-4-5-14-29(28)36(32(35)40)23-25-11-8-12-27(21-25)37(41)42/h1-5,8-14,21,26H,6-7,15-20,22-23H2,(H,33,38). The fourth-order valence-electron chi connectivity index (χ4n) is 5.60. The van der Waals surface area contributed by atoms with Gasteiger partial charge in [-0.15, -0.1) is 0 Å². The Bertz CT molecular complexity index is 1670. The number of aromatic nitrogens is 2. The lowest BCUT2D eigenvalue weighted by atomic mass is 10.0. The maximum Gasteiger partial charge on any atom is 0.331 e. The maximum atomic E-state index is 13.5. The predicted octanol–water partition coefficient (Wildman–Crippen LogP) is 4.07. The van der Waals surface area contributed by atoms with E-state index in [1.165, 1.54) is 26.8 Å². The molecule has 0 bridgehead atoms. The van der Waals surface area contributed by atoms with Crippen LogP contribution in [0, 0.1) is 10.1 Å². The topological polar surface area (TPSA) is 119 Å². The van der Waals surface area contributed by atoms with Crippen molar-refractivity contribution in [3.8, 4) is 0 Å². The van der Waals surface area contributed by atoms with E-state index in [0.29, 0.717) is 35.7 Å². The molecule has 0 aliphatic carbocycles. The summed E-state index contributed by atoms with van der Waals surface area (Å²) >= 11 is 0. The monoisotopic (exact) mass is 569 g/mol. The van der Waals surface area contributed by atoms with E-state index in [2.05, 4.69) is 34.5 Å². The van der Waals surface area contributed by atoms with E-state index >= 15 is 0 Å². The van der Waals surface area contributed by atoms with Gasteiger partial charge in [-0.2, -0.15) is 0 Å². The number of likely N-dealkylation sites (tertiary alicyclic amines) is 1. The molecule has 5 rings (SSSR count). The summed E-state index contributed by atoms with van der Waals surface area (Å²) in [6, 6.07) is 23.5. The fraction of sp³-hybridized carbons (Fsp3) is 0.344. The number of nitrogens with one attached hydrogen (secondary N) is 1. The zero-order valence-corrected chi connectivity index (χ0v) is 23.5. The summed E-state index contributed by atoms with van der Waals surface area (Å²) in [4.78, 5) is 52.5. The SMILES string of the molecule is O=C(CCCCn1c(=O)c2ccccc2n(Cc2cccc([N+](=O)[O-])c2)c1=O)NC1CCN(Cc2ccccc2)CC1. The van der Waals surface area contributed by atoms with E-state index in [0.717, 1.165) is 32.5 Å². The Balaban J connectivity index is 1.17. The van der Waals surface area contributed by atoms with Gasteiger partial charge in [0.25, 0.3) is 11.2 Å². The molecule has 0 spiro atoms. The number of nitro benzene ring substituents is 1. The molecule has 1 saturated heterocycles. The van der Waals surface area contributed by atoms with E-state index in [1.807, 2.05) is 6.07 Å². The molecule has 42 heavy (non-hydrogen) atoms. The zero-order chi connectivity index (χ0) is 29.5. The molecule has 1 N–H and O–H groups in total. The van der Waals surface area contributed by atoms with E-state index < -0.39 is 10.6 Å². The van der Waals surface area contributed by atoms with Crippen molar-refractivity contribution >= 4 is 22.5 Å². The van der Waals surface area contributed by atoms with Gasteiger partial charge in [-0.1, -0.05) is 54.6 Å². The van der Waals surface area contributed by atoms with Crippen LogP contribution in [0.1, 0.15) is 43.2 Å². The molecule has 10 heteroatoms. The van der Waals surface area contributed by atoms with Crippen molar-refractivity contribution in [2.24, 2.45) is 0 Å². The zero-order valence-electron chi connectivity index (χ0n) is 23.5. The van der Waals surface area contributed by atoms with Gasteiger partial charge in [0.05, 0.1) is 22.4 Å². The molecule has 0 radical (unpaired) electrons. The number of nitrogens with zero attached hydrogens (tertiary/aromatic N) is 4. The van der Waals surface area contributed by atoms with Gasteiger partial charge < -0.3 is 5.32 Å². The predicted molar refractivity (Wildman–Crippen MR) is 161 cm³/mol. The summed E-state index contributed by atoms with van der Waals surface area (Å²) in [5.74, 6) is -0.00884. The third-order valence-corrected chi connectivity index (χ3v) is 7.83. The van der Waals surface area contributed by atoms with Gasteiger partial charge in [-0.05, 0) is 48.9 Å². The smallest absolute Gasteiger partial charge is 0.331 e. The number of non-ortho nitro benzene ring substituents is 1. The highest BCUT2D eigenvalue weighted by atomic mass is 16.6. The summed E-state index contributed by atoms with van der Waals surface area (Å²) in [5.41, 5.74) is 1.44. The van der Waals surface area contributed by atoms with Gasteiger partial charge in [-0.25, -0.2) is 4.79 Å². The second kappa shape index (κ2) is 13.4. The van der Waals surface area contributed by atoms with Gasteiger partial charge in [-0.3, -0.25) is 33.7 Å². The number of piperidine rings is 1. The number of fused-ring (bicyclic) bond motifs is 1. The molecule has 1 amide bonds. The highest BCUT2D eigenvalue weighted by Crippen LogP contribution is 2.17. The summed E-state index contributed by atoms with van der Waals surface area (Å²) in [5, 5.41) is 14.8. The molecule has 218 valence electrons. The van der Waals surface area contributed by atoms with Gasteiger partial charge in [0.1, 0.15) is 0 Å². The van der Waals surface area contributed by atoms with Gasteiger partial charge >= 0.3 is 5.69 Å². The van der Waals surface area contributed by atoms with Crippen LogP contribution < -0.4 is 16.6 Å². The van der Waals surface area contributed by atoms with Crippen LogP contribution in [-0.4, -0.2) is 44.0 Å². The Kier molecular flexibility index (Phi) is 9.23. The molecular formula is C32H35N5O5. The van der Waals surface area contributed by atoms with Crippen LogP contribution in [0.25, 0.3) is 10.9 Å². The van der Waals surface area contributed by atoms with Crippen molar-refractivity contribution in [2.45, 2.75) is 57.8 Å². The number of para-hydroxylation sites is 1. The van der Waals surface area contributed by atoms with Crippen LogP contribution in [0.15, 0.2) is 88.5 Å². The normalized spacial score (nSPS) is 14.2. The van der Waals surface area contributed by atoms with Crippen molar-refractivity contribution in [3.05, 3.63) is 121 Å². The average Bonchev–Trinajstić information content (AvgIpc) is 3.00. The summed E-state index contributed by atoms with van der Waals surface area (Å²) in [7, 11) is 0. The maximum absolute atomic E-state index is 13.5. The minimum atomic E-state index is -0.476. The van der Waals surface area contributed by atoms with Gasteiger partial charge in [0, 0.05) is 50.8 Å². The number of rotatable bonds is 11. The number of carbonyl (C=O) groups excluding carboxylic acids is 1. The summed E-state index contributed by atoms with van der Waals surface area (Å²) in [6.45, 7) is 3.07. The van der Waals surface area contributed by atoms with Crippen LogP contribution in [-0.2, 0) is 24.4 Å². The number of amides is 1. The highest BCUT2D eigenvalue weighted by Gasteiger charge is 2.21. The van der Waals surface area contributed by atoms with E-state index in [9.17, 15) is 24.5 Å². The van der Waals surface area contributed by atoms with Gasteiger partial charge in [0.15, 0.2) is 0 Å². The lowest BCUT2D eigenvalue weighted by molar-refractivity contribution is -0.384. The Morgan fingerprint density at radius 3 is 2.33 bits per heavy atom. The molecule has 1 fully saturated rings. The first-order valence-corrected chi connectivity index (χ1v) is 14.4. The van der Waals surface area contributed by atoms with Crippen molar-refractivity contribution in [1.29, 1.82) is 0 Å². The Morgan fingerprint density at radius 2 is 1.57 bits per heavy atom. The molecule has 2 heterocycles. The Hall–Kier alpha value is -4.57. The Labute approximate surface area is 243 Å². The summed E-state index contributed by atoms with van der Waals surface area (Å²) in [6.07, 6.45) is 3.19. The number of nitro groups is 1. The van der Waals surface area contributed by atoms with Crippen LogP contribution in [0.3, 0.4) is 0 Å². The average molecular weight is 570 g/mol. The van der Waals surface area contributed by atoms with Crippen molar-refractivity contribution in [1.82, 2.24) is 19.4 Å². The molecule has 1 aliphatic rings. The third-order valence-electron chi connectivity index (χ3n) is 7.83. The first-order valence-electron chi connectivity index (χ1n) is 14.4. The van der Waals surface area contributed by atoms with Crippen LogP contribution in [0.5, 0.6) is 0 Å². The quantitative estimate of drug-likeness (QED) is 0.165. The largest absolute Gasteiger partial charge is 0.353 e.